The van der Waals surface area contributed by atoms with Crippen molar-refractivity contribution in [3.05, 3.63) is 40.6 Å². The highest BCUT2D eigenvalue weighted by atomic mass is 32.1. The van der Waals surface area contributed by atoms with Gasteiger partial charge in [-0.25, -0.2) is 0 Å². The van der Waals surface area contributed by atoms with Crippen LogP contribution in [0.1, 0.15) is 18.9 Å². The molecule has 0 aliphatic heterocycles. The summed E-state index contributed by atoms with van der Waals surface area (Å²) in [6.45, 7) is 3.71. The first kappa shape index (κ1) is 13.7. The standard InChI is InChI=1S/C15H20N2OS/c1-2-6-18-15-9-13(16)8-14(10-15)17-5-3-12-4-7-19-11-12/h4,7-11,17H,2-3,5-6,16H2,1H3. The molecular formula is C15H20N2OS. The van der Waals surface area contributed by atoms with Crippen molar-refractivity contribution in [1.29, 1.82) is 0 Å². The summed E-state index contributed by atoms with van der Waals surface area (Å²) < 4.78 is 5.61. The van der Waals surface area contributed by atoms with E-state index in [-0.39, 0.29) is 0 Å². The van der Waals surface area contributed by atoms with Crippen LogP contribution < -0.4 is 15.8 Å². The van der Waals surface area contributed by atoms with Gasteiger partial charge in [-0.05, 0) is 41.3 Å². The molecule has 19 heavy (non-hydrogen) atoms. The predicted molar refractivity (Wildman–Crippen MR) is 83.2 cm³/mol. The summed E-state index contributed by atoms with van der Waals surface area (Å²) >= 11 is 1.73. The van der Waals surface area contributed by atoms with Gasteiger partial charge in [0.2, 0.25) is 0 Å². The number of nitrogens with two attached hydrogens (primary N) is 1. The number of anilines is 2. The monoisotopic (exact) mass is 276 g/mol. The lowest BCUT2D eigenvalue weighted by molar-refractivity contribution is 0.318. The summed E-state index contributed by atoms with van der Waals surface area (Å²) in [5.41, 5.74) is 8.99. The Morgan fingerprint density at radius 1 is 1.32 bits per heavy atom. The second-order valence-electron chi connectivity index (χ2n) is 4.45. The molecule has 0 saturated heterocycles. The van der Waals surface area contributed by atoms with Crippen LogP contribution in [-0.2, 0) is 6.42 Å². The number of nitrogens with one attached hydrogen (secondary N) is 1. The van der Waals surface area contributed by atoms with Gasteiger partial charge in [-0.3, -0.25) is 0 Å². The van der Waals surface area contributed by atoms with Gasteiger partial charge in [-0.15, -0.1) is 0 Å². The Bertz CT molecular complexity index is 497. The Morgan fingerprint density at radius 3 is 2.95 bits per heavy atom. The lowest BCUT2D eigenvalue weighted by Crippen LogP contribution is -2.05. The number of hydrogen-bond acceptors (Lipinski definition) is 4. The predicted octanol–water partition coefficient (Wildman–Crippen LogP) is 3.77. The minimum atomic E-state index is 0.720. The fraction of sp³-hybridized carbons (Fsp3) is 0.333. The first-order valence-corrected chi connectivity index (χ1v) is 7.50. The average Bonchev–Trinajstić information content (AvgIpc) is 2.89. The molecule has 3 N–H and O–H groups in total. The van der Waals surface area contributed by atoms with Crippen LogP contribution in [0.4, 0.5) is 11.4 Å². The van der Waals surface area contributed by atoms with Gasteiger partial charge in [-0.1, -0.05) is 6.92 Å². The van der Waals surface area contributed by atoms with Crippen molar-refractivity contribution in [2.24, 2.45) is 0 Å². The van der Waals surface area contributed by atoms with Gasteiger partial charge < -0.3 is 15.8 Å². The van der Waals surface area contributed by atoms with Gasteiger partial charge in [0.05, 0.1) is 6.61 Å². The molecule has 102 valence electrons. The quantitative estimate of drug-likeness (QED) is 0.757. The van der Waals surface area contributed by atoms with Crippen molar-refractivity contribution in [3.8, 4) is 5.75 Å². The molecule has 0 aliphatic rings. The minimum absolute atomic E-state index is 0.720. The second-order valence-corrected chi connectivity index (χ2v) is 5.23. The van der Waals surface area contributed by atoms with Gasteiger partial charge in [0.25, 0.3) is 0 Å². The van der Waals surface area contributed by atoms with E-state index < -0.39 is 0 Å². The van der Waals surface area contributed by atoms with E-state index in [4.69, 9.17) is 10.5 Å². The molecule has 0 bridgehead atoms. The summed E-state index contributed by atoms with van der Waals surface area (Å²) in [7, 11) is 0. The van der Waals surface area contributed by atoms with Crippen LogP contribution in [0.5, 0.6) is 5.75 Å². The van der Waals surface area contributed by atoms with Crippen molar-refractivity contribution in [1.82, 2.24) is 0 Å². The fourth-order valence-corrected chi connectivity index (χ4v) is 2.52. The highest BCUT2D eigenvalue weighted by molar-refractivity contribution is 7.07. The van der Waals surface area contributed by atoms with Crippen LogP contribution in [-0.4, -0.2) is 13.2 Å². The third-order valence-corrected chi connectivity index (χ3v) is 3.46. The van der Waals surface area contributed by atoms with Crippen molar-refractivity contribution >= 4 is 22.7 Å². The Kier molecular flexibility index (Phi) is 5.10. The number of hydrogen-bond donors (Lipinski definition) is 2. The number of thiophene rings is 1. The smallest absolute Gasteiger partial charge is 0.123 e. The molecule has 1 aromatic heterocycles. The van der Waals surface area contributed by atoms with E-state index in [0.29, 0.717) is 0 Å². The van der Waals surface area contributed by atoms with E-state index in [1.54, 1.807) is 11.3 Å². The Labute approximate surface area is 118 Å². The number of rotatable bonds is 7. The third-order valence-electron chi connectivity index (χ3n) is 2.72. The molecule has 0 amide bonds. The van der Waals surface area contributed by atoms with Crippen molar-refractivity contribution in [2.45, 2.75) is 19.8 Å². The molecule has 1 aromatic carbocycles. The van der Waals surface area contributed by atoms with Crippen molar-refractivity contribution in [2.75, 3.05) is 24.2 Å². The zero-order valence-corrected chi connectivity index (χ0v) is 12.0. The van der Waals surface area contributed by atoms with Crippen LogP contribution >= 0.6 is 11.3 Å². The molecule has 0 spiro atoms. The minimum Gasteiger partial charge on any atom is -0.493 e. The maximum absolute atomic E-state index is 5.88. The first-order chi connectivity index (χ1) is 9.28. The molecule has 1 heterocycles. The molecular weight excluding hydrogens is 256 g/mol. The van der Waals surface area contributed by atoms with Gasteiger partial charge >= 0.3 is 0 Å². The molecule has 0 saturated carbocycles. The molecule has 0 fully saturated rings. The van der Waals surface area contributed by atoms with E-state index in [0.717, 1.165) is 43.1 Å². The highest BCUT2D eigenvalue weighted by Gasteiger charge is 2.00. The Morgan fingerprint density at radius 2 is 2.21 bits per heavy atom. The average molecular weight is 276 g/mol. The van der Waals surface area contributed by atoms with E-state index in [1.165, 1.54) is 5.56 Å². The molecule has 2 aromatic rings. The number of nitrogen functional groups attached to an aromatic ring is 1. The lowest BCUT2D eigenvalue weighted by Gasteiger charge is -2.10. The normalized spacial score (nSPS) is 10.4. The third kappa shape index (κ3) is 4.48. The topological polar surface area (TPSA) is 47.3 Å². The van der Waals surface area contributed by atoms with Gasteiger partial charge in [0.1, 0.15) is 5.75 Å². The number of benzene rings is 1. The molecule has 0 atom stereocenters. The maximum atomic E-state index is 5.88. The summed E-state index contributed by atoms with van der Waals surface area (Å²) in [4.78, 5) is 0. The lowest BCUT2D eigenvalue weighted by atomic mass is 10.2. The van der Waals surface area contributed by atoms with Crippen LogP contribution in [0.25, 0.3) is 0 Å². The highest BCUT2D eigenvalue weighted by Crippen LogP contribution is 2.22. The fourth-order valence-electron chi connectivity index (χ4n) is 1.81. The van der Waals surface area contributed by atoms with Crippen LogP contribution in [0.15, 0.2) is 35.0 Å². The zero-order valence-electron chi connectivity index (χ0n) is 11.2. The molecule has 2 rings (SSSR count). The summed E-state index contributed by atoms with van der Waals surface area (Å²) in [5, 5.41) is 7.67. The van der Waals surface area contributed by atoms with E-state index in [9.17, 15) is 0 Å². The first-order valence-electron chi connectivity index (χ1n) is 6.56. The van der Waals surface area contributed by atoms with E-state index in [2.05, 4.69) is 29.1 Å². The van der Waals surface area contributed by atoms with Crippen molar-refractivity contribution in [3.63, 3.8) is 0 Å². The van der Waals surface area contributed by atoms with Crippen LogP contribution in [0.2, 0.25) is 0 Å². The largest absolute Gasteiger partial charge is 0.493 e. The molecule has 0 radical (unpaired) electrons. The summed E-state index contributed by atoms with van der Waals surface area (Å²) in [6, 6.07) is 7.95. The van der Waals surface area contributed by atoms with Gasteiger partial charge in [0, 0.05) is 30.1 Å². The second kappa shape index (κ2) is 7.04. The zero-order chi connectivity index (χ0) is 13.5. The Hall–Kier alpha value is -1.68. The molecule has 0 aliphatic carbocycles. The maximum Gasteiger partial charge on any atom is 0.123 e. The summed E-state index contributed by atoms with van der Waals surface area (Å²) in [5.74, 6) is 0.833. The van der Waals surface area contributed by atoms with E-state index in [1.807, 2.05) is 18.2 Å². The number of ether oxygens (including phenoxy) is 1. The molecule has 0 unspecified atom stereocenters. The van der Waals surface area contributed by atoms with E-state index >= 15 is 0 Å². The summed E-state index contributed by atoms with van der Waals surface area (Å²) in [6.07, 6.45) is 2.01. The van der Waals surface area contributed by atoms with Crippen LogP contribution in [0, 0.1) is 0 Å². The molecule has 3 nitrogen and oxygen atoms in total. The van der Waals surface area contributed by atoms with Gasteiger partial charge in [-0.2, -0.15) is 11.3 Å². The molecule has 4 heteroatoms. The SMILES string of the molecule is CCCOc1cc(N)cc(NCCc2ccsc2)c1. The van der Waals surface area contributed by atoms with Crippen molar-refractivity contribution < 1.29 is 4.74 Å². The van der Waals surface area contributed by atoms with Crippen LogP contribution in [0.3, 0.4) is 0 Å². The Balaban J connectivity index is 1.90. The van der Waals surface area contributed by atoms with Gasteiger partial charge in [0.15, 0.2) is 0 Å².